The highest BCUT2D eigenvalue weighted by Gasteiger charge is 2.35. The summed E-state index contributed by atoms with van der Waals surface area (Å²) >= 11 is 4.99. The van der Waals surface area contributed by atoms with Gasteiger partial charge in [-0.3, -0.25) is 19.9 Å². The number of ether oxygens (including phenoxy) is 1. The highest BCUT2D eigenvalue weighted by Crippen LogP contribution is 2.39. The number of fused-ring (bicyclic) bond motifs is 1. The Morgan fingerprint density at radius 2 is 1.92 bits per heavy atom. The zero-order valence-electron chi connectivity index (χ0n) is 13.8. The largest absolute Gasteiger partial charge is 0.466 e. The van der Waals surface area contributed by atoms with Crippen molar-refractivity contribution in [3.8, 4) is 0 Å². The maximum Gasteiger partial charge on any atom is 0.336 e. The number of nitro benzene ring substituents is 1. The number of aromatic amines is 2. The van der Waals surface area contributed by atoms with E-state index in [1.165, 1.54) is 31.4 Å². The summed E-state index contributed by atoms with van der Waals surface area (Å²) in [5.41, 5.74) is 0.958. The second-order valence-corrected chi connectivity index (χ2v) is 6.04. The van der Waals surface area contributed by atoms with E-state index in [2.05, 4.69) is 15.3 Å². The van der Waals surface area contributed by atoms with E-state index in [1.807, 2.05) is 0 Å². The fourth-order valence-corrected chi connectivity index (χ4v) is 3.18. The summed E-state index contributed by atoms with van der Waals surface area (Å²) in [6.07, 6.45) is 0. The Balaban J connectivity index is 2.27. The molecule has 1 aliphatic heterocycles. The van der Waals surface area contributed by atoms with Crippen LogP contribution in [0.3, 0.4) is 0 Å². The number of non-ortho nitro benzene ring substituents is 1. The number of nitrogens with zero attached hydrogens (tertiary/aromatic N) is 1. The van der Waals surface area contributed by atoms with Crippen molar-refractivity contribution in [2.75, 3.05) is 12.4 Å². The second-order valence-electron chi connectivity index (χ2n) is 5.63. The summed E-state index contributed by atoms with van der Waals surface area (Å²) in [5.74, 6) is -1.01. The van der Waals surface area contributed by atoms with Crippen molar-refractivity contribution in [2.24, 2.45) is 0 Å². The van der Waals surface area contributed by atoms with Crippen molar-refractivity contribution in [1.82, 2.24) is 9.97 Å². The Bertz CT molecular complexity index is 1050. The Hall–Kier alpha value is -3.27. The number of benzene rings is 1. The first-order chi connectivity index (χ1) is 12.3. The van der Waals surface area contributed by atoms with Crippen LogP contribution in [0.2, 0.25) is 0 Å². The molecule has 3 rings (SSSR count). The van der Waals surface area contributed by atoms with Crippen LogP contribution >= 0.6 is 12.2 Å². The number of allylic oxidation sites excluding steroid dienone is 1. The predicted molar refractivity (Wildman–Crippen MR) is 95.5 cm³/mol. The van der Waals surface area contributed by atoms with Gasteiger partial charge in [0.1, 0.15) is 5.82 Å². The first kappa shape index (κ1) is 17.5. The van der Waals surface area contributed by atoms with E-state index in [0.717, 1.165) is 0 Å². The first-order valence-corrected chi connectivity index (χ1v) is 7.91. The molecule has 3 N–H and O–H groups in total. The number of rotatable bonds is 3. The highest BCUT2D eigenvalue weighted by atomic mass is 32.1. The van der Waals surface area contributed by atoms with Crippen LogP contribution in [0.15, 0.2) is 40.3 Å². The van der Waals surface area contributed by atoms with E-state index in [0.29, 0.717) is 17.1 Å². The molecular formula is C16H14N4O5S. The number of H-pyrrole nitrogens is 2. The molecule has 9 nitrogen and oxygen atoms in total. The van der Waals surface area contributed by atoms with Gasteiger partial charge in [-0.2, -0.15) is 0 Å². The molecule has 0 amide bonds. The van der Waals surface area contributed by atoms with E-state index >= 15 is 0 Å². The maximum absolute atomic E-state index is 12.5. The zero-order chi connectivity index (χ0) is 19.0. The molecule has 0 unspecified atom stereocenters. The Kier molecular flexibility index (Phi) is 4.43. The molecule has 0 bridgehead atoms. The van der Waals surface area contributed by atoms with E-state index in [1.54, 1.807) is 6.92 Å². The van der Waals surface area contributed by atoms with Gasteiger partial charge in [-0.15, -0.1) is 0 Å². The smallest absolute Gasteiger partial charge is 0.336 e. The third-order valence-electron chi connectivity index (χ3n) is 4.12. The van der Waals surface area contributed by atoms with Crippen LogP contribution in [-0.2, 0) is 9.53 Å². The number of aromatic nitrogens is 2. The molecule has 1 aromatic heterocycles. The maximum atomic E-state index is 12.5. The summed E-state index contributed by atoms with van der Waals surface area (Å²) in [6, 6.07) is 5.66. The molecule has 0 aliphatic carbocycles. The number of hydrogen-bond donors (Lipinski definition) is 3. The van der Waals surface area contributed by atoms with Crippen molar-refractivity contribution < 1.29 is 14.5 Å². The standard InChI is InChI=1S/C16H14N4O5S/c1-7-10(15(22)25-2)11(8-3-5-9(6-4-8)20(23)24)12-13(17-7)18-16(26)19-14(12)21/h3-6,11H,1-2H3,(H3,17,18,19,21,26)/t11-/m1/s1. The van der Waals surface area contributed by atoms with Gasteiger partial charge < -0.3 is 15.0 Å². The Labute approximate surface area is 151 Å². The lowest BCUT2D eigenvalue weighted by atomic mass is 9.82. The fourth-order valence-electron chi connectivity index (χ4n) is 2.99. The topological polar surface area (TPSA) is 130 Å². The molecule has 1 aliphatic rings. The molecule has 2 heterocycles. The molecule has 10 heteroatoms. The summed E-state index contributed by atoms with van der Waals surface area (Å²) in [4.78, 5) is 40.6. The van der Waals surface area contributed by atoms with Gasteiger partial charge >= 0.3 is 5.97 Å². The van der Waals surface area contributed by atoms with Gasteiger partial charge in [0.15, 0.2) is 4.77 Å². The molecule has 1 atom stereocenters. The van der Waals surface area contributed by atoms with Gasteiger partial charge in [-0.05, 0) is 24.7 Å². The highest BCUT2D eigenvalue weighted by molar-refractivity contribution is 7.71. The van der Waals surface area contributed by atoms with Crippen LogP contribution < -0.4 is 10.9 Å². The number of carbonyl (C=O) groups excluding carboxylic acids is 1. The SMILES string of the molecule is COC(=O)C1=C(C)Nc2[nH]c(=S)[nH]c(=O)c2[C@@H]1c1ccc([N+](=O)[O-])cc1. The lowest BCUT2D eigenvalue weighted by Crippen LogP contribution is -2.30. The molecule has 0 spiro atoms. The van der Waals surface area contributed by atoms with Crippen molar-refractivity contribution in [3.63, 3.8) is 0 Å². The lowest BCUT2D eigenvalue weighted by molar-refractivity contribution is -0.384. The van der Waals surface area contributed by atoms with Crippen LogP contribution in [-0.4, -0.2) is 28.0 Å². The number of nitro groups is 1. The number of methoxy groups -OCH3 is 1. The number of hydrogen-bond acceptors (Lipinski definition) is 7. The second kappa shape index (κ2) is 6.56. The van der Waals surface area contributed by atoms with E-state index in [4.69, 9.17) is 17.0 Å². The van der Waals surface area contributed by atoms with Crippen LogP contribution in [0.25, 0.3) is 0 Å². The first-order valence-electron chi connectivity index (χ1n) is 7.50. The summed E-state index contributed by atoms with van der Waals surface area (Å²) < 4.78 is 5.00. The molecule has 0 saturated carbocycles. The number of esters is 1. The monoisotopic (exact) mass is 374 g/mol. The van der Waals surface area contributed by atoms with E-state index in [9.17, 15) is 19.7 Å². The van der Waals surface area contributed by atoms with Gasteiger partial charge in [-0.25, -0.2) is 4.79 Å². The van der Waals surface area contributed by atoms with Crippen LogP contribution in [0.4, 0.5) is 11.5 Å². The molecule has 0 radical (unpaired) electrons. The predicted octanol–water partition coefficient (Wildman–Crippen LogP) is 2.35. The van der Waals surface area contributed by atoms with Gasteiger partial charge in [-0.1, -0.05) is 12.1 Å². The number of carbonyl (C=O) groups is 1. The molecule has 0 fully saturated rings. The van der Waals surface area contributed by atoms with Gasteiger partial charge in [0.05, 0.1) is 29.1 Å². The van der Waals surface area contributed by atoms with Crippen LogP contribution in [0, 0.1) is 14.9 Å². The minimum atomic E-state index is -0.768. The zero-order valence-corrected chi connectivity index (χ0v) is 14.6. The Morgan fingerprint density at radius 3 is 2.50 bits per heavy atom. The normalized spacial score (nSPS) is 15.8. The van der Waals surface area contributed by atoms with Crippen molar-refractivity contribution in [2.45, 2.75) is 12.8 Å². The molecular weight excluding hydrogens is 360 g/mol. The minimum absolute atomic E-state index is 0.0930. The van der Waals surface area contributed by atoms with Crippen LogP contribution in [0.1, 0.15) is 24.0 Å². The van der Waals surface area contributed by atoms with Crippen molar-refractivity contribution >= 4 is 29.7 Å². The lowest BCUT2D eigenvalue weighted by Gasteiger charge is -2.28. The Morgan fingerprint density at radius 1 is 1.27 bits per heavy atom. The molecule has 1 aromatic carbocycles. The fraction of sp³-hybridized carbons (Fsp3) is 0.188. The van der Waals surface area contributed by atoms with Gasteiger partial charge in [0.2, 0.25) is 0 Å². The van der Waals surface area contributed by atoms with Crippen molar-refractivity contribution in [1.29, 1.82) is 0 Å². The third-order valence-corrected chi connectivity index (χ3v) is 4.32. The van der Waals surface area contributed by atoms with Gasteiger partial charge in [0, 0.05) is 17.8 Å². The minimum Gasteiger partial charge on any atom is -0.466 e. The summed E-state index contributed by atoms with van der Waals surface area (Å²) in [6.45, 7) is 1.67. The average molecular weight is 374 g/mol. The third kappa shape index (κ3) is 2.90. The number of anilines is 1. The molecule has 134 valence electrons. The van der Waals surface area contributed by atoms with E-state index in [-0.39, 0.29) is 21.6 Å². The summed E-state index contributed by atoms with van der Waals surface area (Å²) in [5, 5.41) is 13.9. The van der Waals surface area contributed by atoms with Crippen molar-refractivity contribution in [3.05, 3.63) is 71.9 Å². The molecule has 2 aromatic rings. The molecule has 0 saturated heterocycles. The number of nitrogens with one attached hydrogen (secondary N) is 3. The molecule has 26 heavy (non-hydrogen) atoms. The summed E-state index contributed by atoms with van der Waals surface area (Å²) in [7, 11) is 1.24. The van der Waals surface area contributed by atoms with Gasteiger partial charge in [0.25, 0.3) is 11.2 Å². The average Bonchev–Trinajstić information content (AvgIpc) is 2.59. The van der Waals surface area contributed by atoms with E-state index < -0.39 is 22.4 Å². The van der Waals surface area contributed by atoms with Crippen LogP contribution in [0.5, 0.6) is 0 Å². The quantitative estimate of drug-likeness (QED) is 0.325.